The van der Waals surface area contributed by atoms with E-state index >= 15 is 0 Å². The minimum absolute atomic E-state index is 0.000534. The van der Waals surface area contributed by atoms with Gasteiger partial charge in [-0.2, -0.15) is 0 Å². The van der Waals surface area contributed by atoms with E-state index in [0.717, 1.165) is 6.42 Å². The molecule has 0 unspecified atom stereocenters. The number of benzene rings is 1. The first kappa shape index (κ1) is 15.8. The van der Waals surface area contributed by atoms with Gasteiger partial charge in [0, 0.05) is 38.2 Å². The Balaban J connectivity index is 1.72. The molecule has 2 fully saturated rings. The first-order valence-electron chi connectivity index (χ1n) is 7.87. The molecule has 0 radical (unpaired) electrons. The van der Waals surface area contributed by atoms with Gasteiger partial charge in [0.25, 0.3) is 5.91 Å². The molecule has 0 N–H and O–H groups in total. The Morgan fingerprint density at radius 1 is 1.35 bits per heavy atom. The van der Waals surface area contributed by atoms with Gasteiger partial charge in [-0.1, -0.05) is 6.07 Å². The molecule has 2 atom stereocenters. The van der Waals surface area contributed by atoms with E-state index in [-0.39, 0.29) is 30.4 Å². The molecule has 0 saturated carbocycles. The van der Waals surface area contributed by atoms with Gasteiger partial charge in [0.15, 0.2) is 0 Å². The molecule has 3 rings (SSSR count). The molecule has 2 saturated heterocycles. The molecule has 2 heterocycles. The third-order valence-electron chi connectivity index (χ3n) is 4.62. The van der Waals surface area contributed by atoms with Crippen LogP contribution in [0.5, 0.6) is 5.75 Å². The second-order valence-corrected chi connectivity index (χ2v) is 6.16. The average molecular weight is 318 g/mol. The van der Waals surface area contributed by atoms with Gasteiger partial charge >= 0.3 is 0 Å². The van der Waals surface area contributed by atoms with E-state index in [0.29, 0.717) is 30.9 Å². The minimum atomic E-state index is 0.000534. The summed E-state index contributed by atoms with van der Waals surface area (Å²) in [5.41, 5.74) is 0.627. The lowest BCUT2D eigenvalue weighted by Crippen LogP contribution is -2.48. The molecular weight excluding hydrogens is 296 g/mol. The number of fused-ring (bicyclic) bond motifs is 1. The monoisotopic (exact) mass is 318 g/mol. The fourth-order valence-electron chi connectivity index (χ4n) is 3.27. The Hall–Kier alpha value is -2.08. The maximum Gasteiger partial charge on any atom is 0.254 e. The highest BCUT2D eigenvalue weighted by Crippen LogP contribution is 2.25. The molecule has 0 aromatic heterocycles. The average Bonchev–Trinajstić information content (AvgIpc) is 2.72. The fraction of sp³-hybridized carbons (Fsp3) is 0.529. The second kappa shape index (κ2) is 6.58. The van der Waals surface area contributed by atoms with E-state index in [1.165, 1.54) is 0 Å². The predicted molar refractivity (Wildman–Crippen MR) is 84.4 cm³/mol. The molecule has 1 aromatic carbocycles. The van der Waals surface area contributed by atoms with E-state index in [4.69, 9.17) is 9.47 Å². The normalized spacial score (nSPS) is 24.9. The maximum absolute atomic E-state index is 12.7. The summed E-state index contributed by atoms with van der Waals surface area (Å²) in [4.78, 5) is 28.0. The van der Waals surface area contributed by atoms with Gasteiger partial charge in [0.05, 0.1) is 13.2 Å². The quantitative estimate of drug-likeness (QED) is 0.817. The molecule has 0 bridgehead atoms. The van der Waals surface area contributed by atoms with Crippen molar-refractivity contribution < 1.29 is 19.1 Å². The highest BCUT2D eigenvalue weighted by molar-refractivity contribution is 5.94. The number of likely N-dealkylation sites (N-methyl/N-ethyl adjacent to an activating group) is 1. The van der Waals surface area contributed by atoms with Crippen molar-refractivity contribution in [3.05, 3.63) is 29.8 Å². The number of amides is 2. The lowest BCUT2D eigenvalue weighted by molar-refractivity contribution is -0.133. The van der Waals surface area contributed by atoms with Crippen LogP contribution < -0.4 is 4.74 Å². The topological polar surface area (TPSA) is 59.1 Å². The predicted octanol–water partition coefficient (Wildman–Crippen LogP) is 1.01. The van der Waals surface area contributed by atoms with E-state index in [1.54, 1.807) is 31.2 Å². The van der Waals surface area contributed by atoms with Crippen LogP contribution >= 0.6 is 0 Å². The third kappa shape index (κ3) is 3.32. The van der Waals surface area contributed by atoms with Crippen LogP contribution in [0, 0.1) is 5.92 Å². The maximum atomic E-state index is 12.7. The number of carbonyl (C=O) groups excluding carboxylic acids is 2. The van der Waals surface area contributed by atoms with Gasteiger partial charge in [-0.25, -0.2) is 0 Å². The van der Waals surface area contributed by atoms with Crippen LogP contribution in [0.1, 0.15) is 16.8 Å². The zero-order chi connectivity index (χ0) is 16.4. The molecule has 2 amide bonds. The second-order valence-electron chi connectivity index (χ2n) is 6.16. The van der Waals surface area contributed by atoms with Gasteiger partial charge in [-0.15, -0.1) is 0 Å². The van der Waals surface area contributed by atoms with E-state index < -0.39 is 0 Å². The lowest BCUT2D eigenvalue weighted by atomic mass is 9.93. The highest BCUT2D eigenvalue weighted by atomic mass is 16.5. The van der Waals surface area contributed by atoms with E-state index in [2.05, 4.69) is 0 Å². The summed E-state index contributed by atoms with van der Waals surface area (Å²) in [7, 11) is 3.38. The van der Waals surface area contributed by atoms with Crippen molar-refractivity contribution in [1.29, 1.82) is 0 Å². The molecule has 1 aromatic rings. The molecule has 2 aliphatic heterocycles. The number of hydrogen-bond acceptors (Lipinski definition) is 4. The number of carbonyl (C=O) groups is 2. The van der Waals surface area contributed by atoms with Gasteiger partial charge in [-0.05, 0) is 24.6 Å². The van der Waals surface area contributed by atoms with Gasteiger partial charge in [0.2, 0.25) is 5.91 Å². The first-order chi connectivity index (χ1) is 11.1. The summed E-state index contributed by atoms with van der Waals surface area (Å²) in [6.45, 7) is 2.03. The molecule has 6 nitrogen and oxygen atoms in total. The summed E-state index contributed by atoms with van der Waals surface area (Å²) in [6.07, 6.45) is 0.819. The van der Waals surface area contributed by atoms with E-state index in [9.17, 15) is 9.59 Å². The third-order valence-corrected chi connectivity index (χ3v) is 4.62. The Morgan fingerprint density at radius 2 is 2.17 bits per heavy atom. The number of piperidine rings is 1. The molecule has 0 spiro atoms. The molecule has 2 aliphatic rings. The van der Waals surface area contributed by atoms with Crippen LogP contribution in [0.3, 0.4) is 0 Å². The van der Waals surface area contributed by atoms with Crippen LogP contribution in [0.25, 0.3) is 0 Å². The highest BCUT2D eigenvalue weighted by Gasteiger charge is 2.36. The van der Waals surface area contributed by atoms with Crippen molar-refractivity contribution in [3.8, 4) is 5.75 Å². The summed E-state index contributed by atoms with van der Waals surface area (Å²) < 4.78 is 10.9. The van der Waals surface area contributed by atoms with Crippen molar-refractivity contribution in [2.24, 2.45) is 5.92 Å². The van der Waals surface area contributed by atoms with Crippen molar-refractivity contribution in [1.82, 2.24) is 9.80 Å². The van der Waals surface area contributed by atoms with Crippen LogP contribution in [-0.2, 0) is 9.53 Å². The van der Waals surface area contributed by atoms with Crippen molar-refractivity contribution in [2.75, 3.05) is 40.4 Å². The first-order valence-corrected chi connectivity index (χ1v) is 7.87. The van der Waals surface area contributed by atoms with Gasteiger partial charge in [-0.3, -0.25) is 9.59 Å². The number of hydrogen-bond donors (Lipinski definition) is 0. The van der Waals surface area contributed by atoms with Crippen molar-refractivity contribution in [3.63, 3.8) is 0 Å². The Morgan fingerprint density at radius 3 is 2.96 bits per heavy atom. The zero-order valence-electron chi connectivity index (χ0n) is 13.5. The smallest absolute Gasteiger partial charge is 0.254 e. The fourth-order valence-corrected chi connectivity index (χ4v) is 3.27. The molecule has 124 valence electrons. The van der Waals surface area contributed by atoms with Gasteiger partial charge in [0.1, 0.15) is 12.4 Å². The summed E-state index contributed by atoms with van der Waals surface area (Å²) in [6, 6.07) is 7.20. The SMILES string of the molecule is COc1cccc(C(=O)N2CC[C@@H]3OCC(=O)N(C)C[C@H]3C2)c1. The number of likely N-dealkylation sites (tertiary alicyclic amines) is 1. The largest absolute Gasteiger partial charge is 0.497 e. The summed E-state index contributed by atoms with van der Waals surface area (Å²) >= 11 is 0. The molecule has 0 aliphatic carbocycles. The van der Waals surface area contributed by atoms with Crippen LogP contribution in [-0.4, -0.2) is 68.1 Å². The van der Waals surface area contributed by atoms with Crippen LogP contribution in [0.4, 0.5) is 0 Å². The number of methoxy groups -OCH3 is 1. The lowest BCUT2D eigenvalue weighted by Gasteiger charge is -2.37. The molecular formula is C17H22N2O4. The minimum Gasteiger partial charge on any atom is -0.497 e. The standard InChI is InChI=1S/C17H22N2O4/c1-18-9-13-10-19(7-6-15(13)23-11-16(18)20)17(21)12-4-3-5-14(8-12)22-2/h3-5,8,13,15H,6-7,9-11H2,1-2H3/t13-,15-/m0/s1. The van der Waals surface area contributed by atoms with Crippen LogP contribution in [0.15, 0.2) is 24.3 Å². The summed E-state index contributed by atoms with van der Waals surface area (Å²) in [5, 5.41) is 0. The zero-order valence-corrected chi connectivity index (χ0v) is 13.5. The van der Waals surface area contributed by atoms with Crippen LogP contribution in [0.2, 0.25) is 0 Å². The Labute approximate surface area is 136 Å². The molecule has 6 heteroatoms. The number of ether oxygens (including phenoxy) is 2. The Kier molecular flexibility index (Phi) is 4.52. The van der Waals surface area contributed by atoms with E-state index in [1.807, 2.05) is 17.0 Å². The van der Waals surface area contributed by atoms with Crippen molar-refractivity contribution >= 4 is 11.8 Å². The molecule has 23 heavy (non-hydrogen) atoms. The Bertz CT molecular complexity index is 604. The summed E-state index contributed by atoms with van der Waals surface area (Å²) in [5.74, 6) is 0.842. The number of rotatable bonds is 2. The van der Waals surface area contributed by atoms with Gasteiger partial charge < -0.3 is 19.3 Å². The number of nitrogens with zero attached hydrogens (tertiary/aromatic N) is 2. The van der Waals surface area contributed by atoms with Crippen molar-refractivity contribution in [2.45, 2.75) is 12.5 Å².